The second kappa shape index (κ2) is 9.41. The summed E-state index contributed by atoms with van der Waals surface area (Å²) in [6.07, 6.45) is 1.60. The lowest BCUT2D eigenvalue weighted by Crippen LogP contribution is -2.20. The van der Waals surface area contributed by atoms with Crippen LogP contribution in [0.3, 0.4) is 0 Å². The van der Waals surface area contributed by atoms with Gasteiger partial charge < -0.3 is 9.30 Å². The van der Waals surface area contributed by atoms with Gasteiger partial charge in [-0.15, -0.1) is 0 Å². The molecule has 3 rings (SSSR count). The van der Waals surface area contributed by atoms with E-state index in [1.807, 2.05) is 60.1 Å². The Morgan fingerprint density at radius 2 is 2.00 bits per heavy atom. The molecule has 28 heavy (non-hydrogen) atoms. The summed E-state index contributed by atoms with van der Waals surface area (Å²) in [5, 5.41) is 4.86. The maximum absolute atomic E-state index is 12.1. The van der Waals surface area contributed by atoms with Gasteiger partial charge in [0.2, 0.25) is 0 Å². The van der Waals surface area contributed by atoms with Gasteiger partial charge in [-0.05, 0) is 30.2 Å². The van der Waals surface area contributed by atoms with Crippen molar-refractivity contribution in [3.8, 4) is 5.75 Å². The van der Waals surface area contributed by atoms with Crippen molar-refractivity contribution in [2.45, 2.75) is 19.0 Å². The van der Waals surface area contributed by atoms with Gasteiger partial charge >= 0.3 is 0 Å². The first-order valence-corrected chi connectivity index (χ1v) is 10.1. The van der Waals surface area contributed by atoms with Crippen molar-refractivity contribution >= 4 is 34.9 Å². The van der Waals surface area contributed by atoms with E-state index >= 15 is 0 Å². The van der Waals surface area contributed by atoms with Crippen molar-refractivity contribution < 1.29 is 9.53 Å². The van der Waals surface area contributed by atoms with Gasteiger partial charge in [-0.1, -0.05) is 49.9 Å². The molecule has 0 radical (unpaired) electrons. The van der Waals surface area contributed by atoms with Crippen LogP contribution in [0.5, 0.6) is 5.75 Å². The number of fused-ring (bicyclic) bond motifs is 1. The van der Waals surface area contributed by atoms with Crippen LogP contribution < -0.4 is 10.2 Å². The molecular formula is C21H24N4O2S. The normalized spacial score (nSPS) is 11.4. The largest absolute Gasteiger partial charge is 0.493 e. The summed E-state index contributed by atoms with van der Waals surface area (Å²) in [6.45, 7) is 4.82. The Kier molecular flexibility index (Phi) is 6.71. The fraction of sp³-hybridized carbons (Fsp3) is 0.286. The Morgan fingerprint density at radius 1 is 1.25 bits per heavy atom. The Hall–Kier alpha value is -2.80. The lowest BCUT2D eigenvalue weighted by atomic mass is 10.2. The zero-order valence-corrected chi connectivity index (χ0v) is 17.1. The number of aromatic nitrogens is 2. The highest BCUT2D eigenvalue weighted by Crippen LogP contribution is 2.22. The smallest absolute Gasteiger partial charge is 0.250 e. The fourth-order valence-electron chi connectivity index (χ4n) is 2.56. The number of hydrogen-bond acceptors (Lipinski definition) is 5. The Labute approximate surface area is 169 Å². The molecule has 2 aromatic carbocycles. The van der Waals surface area contributed by atoms with Crippen molar-refractivity contribution in [1.29, 1.82) is 0 Å². The molecule has 0 aliphatic heterocycles. The number of thioether (sulfide) groups is 1. The molecule has 6 nitrogen and oxygen atoms in total. The van der Waals surface area contributed by atoms with E-state index in [1.165, 1.54) is 11.8 Å². The topological polar surface area (TPSA) is 68.5 Å². The number of benzene rings is 2. The van der Waals surface area contributed by atoms with Crippen LogP contribution in [-0.4, -0.2) is 34.0 Å². The Morgan fingerprint density at radius 3 is 2.79 bits per heavy atom. The summed E-state index contributed by atoms with van der Waals surface area (Å²) in [5.74, 6) is 1.24. The molecule has 1 amide bonds. The van der Waals surface area contributed by atoms with E-state index in [9.17, 15) is 4.79 Å². The number of ether oxygens (including phenoxy) is 1. The Bertz CT molecular complexity index is 981. The first kappa shape index (κ1) is 19.9. The second-order valence-electron chi connectivity index (χ2n) is 6.77. The molecule has 0 fully saturated rings. The number of aryl methyl sites for hydroxylation is 1. The van der Waals surface area contributed by atoms with Gasteiger partial charge in [0, 0.05) is 12.6 Å². The highest BCUT2D eigenvalue weighted by Gasteiger charge is 2.10. The number of amides is 1. The predicted molar refractivity (Wildman–Crippen MR) is 114 cm³/mol. The molecule has 0 aliphatic rings. The molecular weight excluding hydrogens is 372 g/mol. The molecule has 0 unspecified atom stereocenters. The van der Waals surface area contributed by atoms with E-state index in [0.717, 1.165) is 27.5 Å². The molecule has 0 saturated heterocycles. The van der Waals surface area contributed by atoms with Crippen LogP contribution in [0.1, 0.15) is 19.4 Å². The van der Waals surface area contributed by atoms with Crippen LogP contribution in [0, 0.1) is 5.92 Å². The maximum Gasteiger partial charge on any atom is 0.250 e. The van der Waals surface area contributed by atoms with Gasteiger partial charge in [0.25, 0.3) is 5.91 Å². The monoisotopic (exact) mass is 396 g/mol. The number of imidazole rings is 1. The third-order valence-corrected chi connectivity index (χ3v) is 4.99. The fourth-order valence-corrected chi connectivity index (χ4v) is 3.34. The van der Waals surface area contributed by atoms with Crippen LogP contribution in [0.4, 0.5) is 0 Å². The van der Waals surface area contributed by atoms with E-state index in [-0.39, 0.29) is 11.7 Å². The molecule has 0 spiro atoms. The minimum atomic E-state index is -0.186. The van der Waals surface area contributed by atoms with Crippen LogP contribution >= 0.6 is 11.8 Å². The molecule has 3 aromatic rings. The molecule has 1 N–H and O–H groups in total. The van der Waals surface area contributed by atoms with Crippen molar-refractivity contribution in [2.24, 2.45) is 18.1 Å². The third kappa shape index (κ3) is 5.13. The minimum absolute atomic E-state index is 0.186. The zero-order valence-electron chi connectivity index (χ0n) is 16.3. The highest BCUT2D eigenvalue weighted by molar-refractivity contribution is 7.99. The third-order valence-electron chi connectivity index (χ3n) is 3.96. The zero-order chi connectivity index (χ0) is 19.9. The minimum Gasteiger partial charge on any atom is -0.493 e. The van der Waals surface area contributed by atoms with Gasteiger partial charge in [0.1, 0.15) is 5.75 Å². The van der Waals surface area contributed by atoms with Crippen LogP contribution in [0.2, 0.25) is 0 Å². The first-order chi connectivity index (χ1) is 13.5. The van der Waals surface area contributed by atoms with Gasteiger partial charge in [0.05, 0.1) is 29.6 Å². The van der Waals surface area contributed by atoms with Crippen LogP contribution in [0.15, 0.2) is 58.8 Å². The maximum atomic E-state index is 12.1. The van der Waals surface area contributed by atoms with Crippen LogP contribution in [0.25, 0.3) is 11.0 Å². The average Bonchev–Trinajstić information content (AvgIpc) is 3.01. The summed E-state index contributed by atoms with van der Waals surface area (Å²) >= 11 is 1.38. The molecule has 1 heterocycles. The number of nitrogens with one attached hydrogen (secondary N) is 1. The molecule has 0 aliphatic carbocycles. The van der Waals surface area contributed by atoms with Gasteiger partial charge in [0.15, 0.2) is 5.16 Å². The van der Waals surface area contributed by atoms with Crippen LogP contribution in [-0.2, 0) is 11.8 Å². The summed E-state index contributed by atoms with van der Waals surface area (Å²) in [7, 11) is 1.95. The molecule has 0 saturated carbocycles. The predicted octanol–water partition coefficient (Wildman–Crippen LogP) is 3.85. The quantitative estimate of drug-likeness (QED) is 0.357. The molecule has 1 aromatic heterocycles. The number of hydrazone groups is 1. The number of para-hydroxylation sites is 3. The average molecular weight is 397 g/mol. The number of nitrogens with zero attached hydrogens (tertiary/aromatic N) is 3. The van der Waals surface area contributed by atoms with E-state index in [4.69, 9.17) is 4.74 Å². The summed E-state index contributed by atoms with van der Waals surface area (Å²) in [4.78, 5) is 16.7. The van der Waals surface area contributed by atoms with Gasteiger partial charge in [-0.25, -0.2) is 10.4 Å². The summed E-state index contributed by atoms with van der Waals surface area (Å²) in [6, 6.07) is 15.5. The number of carbonyl (C=O) groups is 1. The van der Waals surface area contributed by atoms with Crippen molar-refractivity contribution in [1.82, 2.24) is 15.0 Å². The SMILES string of the molecule is CC(C)COc1ccccc1/C=N\NC(=O)CSc1nc2ccccc2n1C. The first-order valence-electron chi connectivity index (χ1n) is 9.12. The Balaban J connectivity index is 1.55. The summed E-state index contributed by atoms with van der Waals surface area (Å²) in [5.41, 5.74) is 5.35. The number of hydrogen-bond donors (Lipinski definition) is 1. The second-order valence-corrected chi connectivity index (χ2v) is 7.71. The van der Waals surface area contributed by atoms with E-state index in [0.29, 0.717) is 12.5 Å². The molecule has 0 bridgehead atoms. The molecule has 146 valence electrons. The van der Waals surface area contributed by atoms with Crippen molar-refractivity contribution in [3.63, 3.8) is 0 Å². The lowest BCUT2D eigenvalue weighted by Gasteiger charge is -2.10. The number of carbonyl (C=O) groups excluding carboxylic acids is 1. The van der Waals surface area contributed by atoms with Crippen molar-refractivity contribution in [2.75, 3.05) is 12.4 Å². The lowest BCUT2D eigenvalue weighted by molar-refractivity contribution is -0.118. The van der Waals surface area contributed by atoms with Gasteiger partial charge in [-0.3, -0.25) is 4.79 Å². The standard InChI is InChI=1S/C21H24N4O2S/c1-15(2)13-27-19-11-7-4-8-16(19)12-22-24-20(26)14-28-21-23-17-9-5-6-10-18(17)25(21)3/h4-12,15H,13-14H2,1-3H3,(H,24,26)/b22-12-. The van der Waals surface area contributed by atoms with E-state index < -0.39 is 0 Å². The molecule has 0 atom stereocenters. The van der Waals surface area contributed by atoms with Crippen molar-refractivity contribution in [3.05, 3.63) is 54.1 Å². The van der Waals surface area contributed by atoms with Gasteiger partial charge in [-0.2, -0.15) is 5.10 Å². The van der Waals surface area contributed by atoms with E-state index in [2.05, 4.69) is 29.4 Å². The van der Waals surface area contributed by atoms with E-state index in [1.54, 1.807) is 6.21 Å². The highest BCUT2D eigenvalue weighted by atomic mass is 32.2. The number of rotatable bonds is 8. The summed E-state index contributed by atoms with van der Waals surface area (Å²) < 4.78 is 7.77. The molecule has 7 heteroatoms.